The summed E-state index contributed by atoms with van der Waals surface area (Å²) in [6, 6.07) is 3.94. The van der Waals surface area contributed by atoms with Gasteiger partial charge in [0.05, 0.1) is 18.8 Å². The van der Waals surface area contributed by atoms with Gasteiger partial charge in [-0.05, 0) is 25.5 Å². The van der Waals surface area contributed by atoms with Gasteiger partial charge in [-0.3, -0.25) is 0 Å². The zero-order chi connectivity index (χ0) is 14.9. The molecule has 0 atom stereocenters. The van der Waals surface area contributed by atoms with Gasteiger partial charge in [-0.2, -0.15) is 4.31 Å². The normalized spacial score (nSPS) is 16.6. The molecule has 0 unspecified atom stereocenters. The summed E-state index contributed by atoms with van der Waals surface area (Å²) >= 11 is 0. The van der Waals surface area contributed by atoms with Crippen molar-refractivity contribution in [1.29, 1.82) is 0 Å². The molecule has 0 fully saturated rings. The van der Waals surface area contributed by atoms with E-state index in [1.165, 1.54) is 4.31 Å². The van der Waals surface area contributed by atoms with Crippen LogP contribution in [0.15, 0.2) is 24.5 Å². The molecule has 0 amide bonds. The second-order valence-electron chi connectivity index (χ2n) is 5.13. The van der Waals surface area contributed by atoms with Crippen LogP contribution < -0.4 is 0 Å². The third kappa shape index (κ3) is 2.86. The summed E-state index contributed by atoms with van der Waals surface area (Å²) in [5.41, 5.74) is 0. The lowest BCUT2D eigenvalue weighted by Gasteiger charge is -2.17. The summed E-state index contributed by atoms with van der Waals surface area (Å²) in [5, 5.41) is 8.42. The van der Waals surface area contributed by atoms with Crippen molar-refractivity contribution in [2.45, 2.75) is 33.0 Å². The van der Waals surface area contributed by atoms with Crippen molar-refractivity contribution in [2.75, 3.05) is 12.3 Å². The van der Waals surface area contributed by atoms with Gasteiger partial charge in [0.15, 0.2) is 5.82 Å². The lowest BCUT2D eigenvalue weighted by atomic mass is 10.4. The summed E-state index contributed by atoms with van der Waals surface area (Å²) in [5.74, 6) is 1.72. The topological polar surface area (TPSA) is 73.0 Å². The number of rotatable bonds is 4. The molecule has 7 nitrogen and oxygen atoms in total. The number of sulfonamides is 1. The van der Waals surface area contributed by atoms with Crippen LogP contribution in [0.25, 0.3) is 0 Å². The molecule has 0 N–H and O–H groups in total. The zero-order valence-corrected chi connectivity index (χ0v) is 12.8. The summed E-state index contributed by atoms with van der Waals surface area (Å²) in [7, 11) is -3.18. The lowest BCUT2D eigenvalue weighted by molar-refractivity contribution is 0.406. The predicted molar refractivity (Wildman–Crippen MR) is 78.0 cm³/mol. The third-order valence-corrected chi connectivity index (χ3v) is 5.59. The molecule has 0 radical (unpaired) electrons. The number of aromatic nitrogens is 4. The van der Waals surface area contributed by atoms with Crippen molar-refractivity contribution < 1.29 is 8.42 Å². The van der Waals surface area contributed by atoms with E-state index in [0.717, 1.165) is 24.6 Å². The van der Waals surface area contributed by atoms with Crippen LogP contribution in [-0.2, 0) is 29.7 Å². The summed E-state index contributed by atoms with van der Waals surface area (Å²) in [6.07, 6.45) is 4.74. The molecule has 0 saturated heterocycles. The minimum atomic E-state index is -3.18. The van der Waals surface area contributed by atoms with Crippen LogP contribution in [0.1, 0.15) is 25.0 Å². The minimum Gasteiger partial charge on any atom is -0.347 e. The van der Waals surface area contributed by atoms with E-state index in [0.29, 0.717) is 19.6 Å². The van der Waals surface area contributed by atoms with E-state index in [9.17, 15) is 8.42 Å². The van der Waals surface area contributed by atoms with Crippen molar-refractivity contribution in [2.24, 2.45) is 0 Å². The van der Waals surface area contributed by atoms with Gasteiger partial charge in [0.1, 0.15) is 5.82 Å². The first-order valence-electron chi connectivity index (χ1n) is 7.09. The molecule has 0 aromatic carbocycles. The fourth-order valence-corrected chi connectivity index (χ4v) is 3.65. The fraction of sp³-hybridized carbons (Fsp3) is 0.538. The highest BCUT2D eigenvalue weighted by Crippen LogP contribution is 2.16. The Hall–Kier alpha value is -1.67. The molecule has 0 spiro atoms. The van der Waals surface area contributed by atoms with E-state index in [1.807, 2.05) is 33.7 Å². The van der Waals surface area contributed by atoms with Gasteiger partial charge in [-0.15, -0.1) is 10.2 Å². The molecule has 0 aliphatic carbocycles. The predicted octanol–water partition coefficient (Wildman–Crippen LogP) is 0.683. The van der Waals surface area contributed by atoms with Crippen LogP contribution in [0.2, 0.25) is 0 Å². The molecule has 1 aliphatic rings. The van der Waals surface area contributed by atoms with Crippen molar-refractivity contribution in [3.63, 3.8) is 0 Å². The van der Waals surface area contributed by atoms with E-state index >= 15 is 0 Å². The van der Waals surface area contributed by atoms with Gasteiger partial charge in [-0.1, -0.05) is 0 Å². The molecule has 3 rings (SSSR count). The van der Waals surface area contributed by atoms with E-state index in [-0.39, 0.29) is 5.75 Å². The first-order chi connectivity index (χ1) is 10.1. The zero-order valence-electron chi connectivity index (χ0n) is 12.0. The maximum absolute atomic E-state index is 12.0. The molecule has 3 heterocycles. The SMILES string of the molecule is CCS(=O)(=O)N1CCCn2c(nnc2Cn2cccc2)C1. The molecular formula is C13H19N5O2S. The van der Waals surface area contributed by atoms with Crippen LogP contribution >= 0.6 is 0 Å². The highest BCUT2D eigenvalue weighted by molar-refractivity contribution is 7.89. The molecule has 1 aliphatic heterocycles. The molecule has 0 saturated carbocycles. The van der Waals surface area contributed by atoms with Gasteiger partial charge >= 0.3 is 0 Å². The van der Waals surface area contributed by atoms with Crippen LogP contribution in [-0.4, -0.2) is 44.4 Å². The van der Waals surface area contributed by atoms with E-state index in [2.05, 4.69) is 10.2 Å². The molecule has 114 valence electrons. The van der Waals surface area contributed by atoms with Gasteiger partial charge in [0.25, 0.3) is 0 Å². The van der Waals surface area contributed by atoms with Crippen LogP contribution in [0.4, 0.5) is 0 Å². The lowest BCUT2D eigenvalue weighted by Crippen LogP contribution is -2.32. The molecule has 2 aromatic rings. The van der Waals surface area contributed by atoms with Crippen molar-refractivity contribution in [3.8, 4) is 0 Å². The smallest absolute Gasteiger partial charge is 0.214 e. The Labute approximate surface area is 124 Å². The van der Waals surface area contributed by atoms with Gasteiger partial charge < -0.3 is 9.13 Å². The highest BCUT2D eigenvalue weighted by atomic mass is 32.2. The Morgan fingerprint density at radius 1 is 1.19 bits per heavy atom. The standard InChI is InChI=1S/C13H19N5O2S/c1-2-21(19,20)17-8-5-9-18-12(14-15-13(18)11-17)10-16-6-3-4-7-16/h3-4,6-7H,2,5,8-11H2,1H3. The first kappa shape index (κ1) is 14.3. The maximum Gasteiger partial charge on any atom is 0.214 e. The number of nitrogens with zero attached hydrogens (tertiary/aromatic N) is 5. The van der Waals surface area contributed by atoms with Gasteiger partial charge in [0.2, 0.25) is 10.0 Å². The Balaban J connectivity index is 1.85. The number of hydrogen-bond donors (Lipinski definition) is 0. The third-order valence-electron chi connectivity index (χ3n) is 3.76. The van der Waals surface area contributed by atoms with Crippen LogP contribution in [0.5, 0.6) is 0 Å². The van der Waals surface area contributed by atoms with E-state index in [4.69, 9.17) is 0 Å². The summed E-state index contributed by atoms with van der Waals surface area (Å²) in [6.45, 7) is 3.94. The molecular weight excluding hydrogens is 290 g/mol. The Bertz CT molecular complexity index is 705. The van der Waals surface area contributed by atoms with Crippen molar-refractivity contribution in [3.05, 3.63) is 36.2 Å². The average molecular weight is 309 g/mol. The van der Waals surface area contributed by atoms with Gasteiger partial charge in [0, 0.05) is 25.5 Å². The molecule has 0 bridgehead atoms. The van der Waals surface area contributed by atoms with Crippen LogP contribution in [0.3, 0.4) is 0 Å². The van der Waals surface area contributed by atoms with Crippen molar-refractivity contribution >= 4 is 10.0 Å². The largest absolute Gasteiger partial charge is 0.347 e. The van der Waals surface area contributed by atoms with E-state index in [1.54, 1.807) is 6.92 Å². The highest BCUT2D eigenvalue weighted by Gasteiger charge is 2.26. The Morgan fingerprint density at radius 2 is 1.95 bits per heavy atom. The molecule has 21 heavy (non-hydrogen) atoms. The number of fused-ring (bicyclic) bond motifs is 1. The van der Waals surface area contributed by atoms with Gasteiger partial charge in [-0.25, -0.2) is 8.42 Å². The number of hydrogen-bond acceptors (Lipinski definition) is 4. The summed E-state index contributed by atoms with van der Waals surface area (Å²) in [4.78, 5) is 0. The molecule has 8 heteroatoms. The first-order valence-corrected chi connectivity index (χ1v) is 8.70. The monoisotopic (exact) mass is 309 g/mol. The van der Waals surface area contributed by atoms with E-state index < -0.39 is 10.0 Å². The van der Waals surface area contributed by atoms with Crippen molar-refractivity contribution in [1.82, 2.24) is 23.6 Å². The van der Waals surface area contributed by atoms with Crippen LogP contribution in [0, 0.1) is 0 Å². The quantitative estimate of drug-likeness (QED) is 0.832. The fourth-order valence-electron chi connectivity index (χ4n) is 2.57. The second kappa shape index (κ2) is 5.61. The summed E-state index contributed by atoms with van der Waals surface area (Å²) < 4.78 is 29.7. The maximum atomic E-state index is 12.0. The Kier molecular flexibility index (Phi) is 3.81. The average Bonchev–Trinajstić information content (AvgIpc) is 3.05. The minimum absolute atomic E-state index is 0.122. The molecule has 2 aromatic heterocycles. The Morgan fingerprint density at radius 3 is 2.67 bits per heavy atom. The second-order valence-corrected chi connectivity index (χ2v) is 7.38.